The number of rotatable bonds is 5. The zero-order valence-electron chi connectivity index (χ0n) is 11.2. The van der Waals surface area contributed by atoms with Gasteiger partial charge in [0, 0.05) is 13.2 Å². The second-order valence-electron chi connectivity index (χ2n) is 4.74. The number of benzene rings is 1. The van der Waals surface area contributed by atoms with Crippen LogP contribution in [-0.4, -0.2) is 41.3 Å². The van der Waals surface area contributed by atoms with Crippen molar-refractivity contribution in [1.29, 1.82) is 0 Å². The molecule has 1 heterocycles. The molecule has 108 valence electrons. The van der Waals surface area contributed by atoms with Crippen LogP contribution in [0.5, 0.6) is 5.75 Å². The van der Waals surface area contributed by atoms with Crippen LogP contribution in [0.3, 0.4) is 0 Å². The Labute approximate surface area is 116 Å². The molecule has 1 unspecified atom stereocenters. The third kappa shape index (κ3) is 2.91. The van der Waals surface area contributed by atoms with Crippen molar-refractivity contribution < 1.29 is 24.5 Å². The molecule has 1 aromatic carbocycles. The van der Waals surface area contributed by atoms with Crippen molar-refractivity contribution in [2.24, 2.45) is 0 Å². The molecule has 1 atom stereocenters. The molecule has 0 fully saturated rings. The van der Waals surface area contributed by atoms with Gasteiger partial charge in [-0.3, -0.25) is 9.59 Å². The van der Waals surface area contributed by atoms with E-state index in [0.29, 0.717) is 24.4 Å². The number of carboxylic acid groups (broad SMARTS) is 1. The highest BCUT2D eigenvalue weighted by Crippen LogP contribution is 2.35. The molecule has 0 aliphatic carbocycles. The number of hydrogen-bond acceptors (Lipinski definition) is 4. The fraction of sp³-hybridized carbons (Fsp3) is 0.429. The Morgan fingerprint density at radius 2 is 2.20 bits per heavy atom. The average Bonchev–Trinajstić information content (AvgIpc) is 2.39. The maximum absolute atomic E-state index is 12.3. The molecule has 2 N–H and O–H groups in total. The van der Waals surface area contributed by atoms with Gasteiger partial charge in [-0.15, -0.1) is 0 Å². The molecule has 20 heavy (non-hydrogen) atoms. The van der Waals surface area contributed by atoms with E-state index in [1.807, 2.05) is 19.1 Å². The van der Waals surface area contributed by atoms with Gasteiger partial charge >= 0.3 is 5.97 Å². The minimum absolute atomic E-state index is 0.0324. The first kappa shape index (κ1) is 14.3. The van der Waals surface area contributed by atoms with Crippen molar-refractivity contribution in [2.75, 3.05) is 18.1 Å². The van der Waals surface area contributed by atoms with Gasteiger partial charge in [0.05, 0.1) is 12.1 Å². The lowest BCUT2D eigenvalue weighted by Gasteiger charge is -2.34. The van der Waals surface area contributed by atoms with E-state index in [1.165, 1.54) is 4.90 Å². The first-order valence-corrected chi connectivity index (χ1v) is 6.44. The van der Waals surface area contributed by atoms with E-state index in [2.05, 4.69) is 0 Å². The maximum atomic E-state index is 12.3. The molecule has 6 nitrogen and oxygen atoms in total. The summed E-state index contributed by atoms with van der Waals surface area (Å²) in [6.07, 6.45) is -0.956. The molecule has 1 amide bonds. The summed E-state index contributed by atoms with van der Waals surface area (Å²) >= 11 is 0. The number of carboxylic acids is 1. The minimum atomic E-state index is -1.08. The number of aliphatic carboxylic acids is 1. The van der Waals surface area contributed by atoms with E-state index < -0.39 is 12.1 Å². The predicted octanol–water partition coefficient (Wildman–Crippen LogP) is 0.946. The summed E-state index contributed by atoms with van der Waals surface area (Å²) in [5.41, 5.74) is 1.61. The lowest BCUT2D eigenvalue weighted by atomic mass is 10.1. The number of fused-ring (bicyclic) bond motifs is 1. The fourth-order valence-electron chi connectivity index (χ4n) is 2.18. The summed E-state index contributed by atoms with van der Waals surface area (Å²) in [6.45, 7) is 2.21. The Hall–Kier alpha value is -2.08. The summed E-state index contributed by atoms with van der Waals surface area (Å²) < 4.78 is 5.49. The van der Waals surface area contributed by atoms with Crippen LogP contribution < -0.4 is 9.64 Å². The van der Waals surface area contributed by atoms with Crippen LogP contribution in [0.4, 0.5) is 5.69 Å². The highest BCUT2D eigenvalue weighted by Gasteiger charge is 2.35. The van der Waals surface area contributed by atoms with Crippen molar-refractivity contribution >= 4 is 17.6 Å². The second kappa shape index (κ2) is 5.92. The maximum Gasteiger partial charge on any atom is 0.307 e. The van der Waals surface area contributed by atoms with Gasteiger partial charge in [-0.1, -0.05) is 6.07 Å². The van der Waals surface area contributed by atoms with Crippen LogP contribution >= 0.6 is 0 Å². The van der Waals surface area contributed by atoms with E-state index in [4.69, 9.17) is 14.9 Å². The average molecular weight is 279 g/mol. The Kier molecular flexibility index (Phi) is 4.24. The second-order valence-corrected chi connectivity index (χ2v) is 4.74. The summed E-state index contributed by atoms with van der Waals surface area (Å²) in [6, 6.07) is 5.40. The summed E-state index contributed by atoms with van der Waals surface area (Å²) in [7, 11) is 0. The number of carbonyl (C=O) groups is 2. The van der Waals surface area contributed by atoms with Crippen LogP contribution in [0.15, 0.2) is 18.2 Å². The molecule has 1 aliphatic heterocycles. The highest BCUT2D eigenvalue weighted by atomic mass is 16.5. The van der Waals surface area contributed by atoms with E-state index in [9.17, 15) is 9.59 Å². The van der Waals surface area contributed by atoms with Crippen LogP contribution in [0.25, 0.3) is 0 Å². The third-order valence-corrected chi connectivity index (χ3v) is 3.12. The normalized spacial score (nSPS) is 17.6. The van der Waals surface area contributed by atoms with Gasteiger partial charge in [-0.25, -0.2) is 0 Å². The molecule has 0 bridgehead atoms. The van der Waals surface area contributed by atoms with E-state index in [-0.39, 0.29) is 18.9 Å². The smallest absolute Gasteiger partial charge is 0.307 e. The van der Waals surface area contributed by atoms with Crippen molar-refractivity contribution in [3.63, 3.8) is 0 Å². The number of aryl methyl sites for hydroxylation is 1. The van der Waals surface area contributed by atoms with Crippen LogP contribution in [-0.2, 0) is 9.59 Å². The Morgan fingerprint density at radius 1 is 1.45 bits per heavy atom. The lowest BCUT2D eigenvalue weighted by molar-refractivity contribution is -0.142. The number of carbonyl (C=O) groups excluding carboxylic acids is 1. The quantitative estimate of drug-likeness (QED) is 0.837. The molecule has 0 spiro atoms. The summed E-state index contributed by atoms with van der Waals surface area (Å²) in [4.78, 5) is 24.6. The number of hydrogen-bond donors (Lipinski definition) is 2. The standard InChI is InChI=1S/C14H17NO5/c1-9-3-4-11-10(7-9)15(5-2-6-16)14(19)12(20-11)8-13(17)18/h3-4,7,12,16H,2,5-6,8H2,1H3,(H,17,18). The zero-order valence-corrected chi connectivity index (χ0v) is 11.2. The number of anilines is 1. The van der Waals surface area contributed by atoms with Crippen LogP contribution in [0, 0.1) is 6.92 Å². The van der Waals surface area contributed by atoms with Crippen LogP contribution in [0.1, 0.15) is 18.4 Å². The van der Waals surface area contributed by atoms with E-state index >= 15 is 0 Å². The molecule has 1 aliphatic rings. The van der Waals surface area contributed by atoms with Gasteiger partial charge in [0.1, 0.15) is 5.75 Å². The van der Waals surface area contributed by atoms with Gasteiger partial charge < -0.3 is 19.8 Å². The topological polar surface area (TPSA) is 87.1 Å². The van der Waals surface area contributed by atoms with Gasteiger partial charge in [0.15, 0.2) is 6.10 Å². The SMILES string of the molecule is Cc1ccc2c(c1)N(CCCO)C(=O)C(CC(=O)O)O2. The molecule has 1 aromatic rings. The molecular formula is C14H17NO5. The van der Waals surface area contributed by atoms with Gasteiger partial charge in [-0.2, -0.15) is 0 Å². The van der Waals surface area contributed by atoms with Crippen molar-refractivity contribution in [2.45, 2.75) is 25.9 Å². The number of ether oxygens (including phenoxy) is 1. The predicted molar refractivity (Wildman–Crippen MR) is 71.9 cm³/mol. The molecule has 2 rings (SSSR count). The Morgan fingerprint density at radius 3 is 2.85 bits per heavy atom. The van der Waals surface area contributed by atoms with Crippen molar-refractivity contribution in [3.05, 3.63) is 23.8 Å². The van der Waals surface area contributed by atoms with Gasteiger partial charge in [0.25, 0.3) is 5.91 Å². The molecule has 0 aromatic heterocycles. The van der Waals surface area contributed by atoms with Crippen molar-refractivity contribution in [3.8, 4) is 5.75 Å². The van der Waals surface area contributed by atoms with Gasteiger partial charge in [-0.05, 0) is 31.0 Å². The first-order valence-electron chi connectivity index (χ1n) is 6.44. The number of nitrogens with zero attached hydrogens (tertiary/aromatic N) is 1. The summed E-state index contributed by atoms with van der Waals surface area (Å²) in [5, 5.41) is 17.8. The van der Waals surface area contributed by atoms with Gasteiger partial charge in [0.2, 0.25) is 0 Å². The zero-order chi connectivity index (χ0) is 14.7. The highest BCUT2D eigenvalue weighted by molar-refractivity contribution is 6.01. The number of aliphatic hydroxyl groups excluding tert-OH is 1. The third-order valence-electron chi connectivity index (χ3n) is 3.12. The van der Waals surface area contributed by atoms with E-state index in [1.54, 1.807) is 6.07 Å². The summed E-state index contributed by atoms with van der Waals surface area (Å²) in [5.74, 6) is -0.959. The fourth-order valence-corrected chi connectivity index (χ4v) is 2.18. The van der Waals surface area contributed by atoms with Crippen LogP contribution in [0.2, 0.25) is 0 Å². The first-order chi connectivity index (χ1) is 9.52. The Bertz CT molecular complexity index is 528. The monoisotopic (exact) mass is 279 g/mol. The molecule has 6 heteroatoms. The number of amides is 1. The molecule has 0 radical (unpaired) electrons. The molecular weight excluding hydrogens is 262 g/mol. The number of aliphatic hydroxyl groups is 1. The largest absolute Gasteiger partial charge is 0.481 e. The minimum Gasteiger partial charge on any atom is -0.481 e. The molecule has 0 saturated heterocycles. The Balaban J connectivity index is 2.34. The van der Waals surface area contributed by atoms with Crippen molar-refractivity contribution in [1.82, 2.24) is 0 Å². The lowest BCUT2D eigenvalue weighted by Crippen LogP contribution is -2.47. The van der Waals surface area contributed by atoms with E-state index in [0.717, 1.165) is 5.56 Å². The molecule has 0 saturated carbocycles.